The van der Waals surface area contributed by atoms with Crippen molar-refractivity contribution in [2.45, 2.75) is 69.8 Å². The summed E-state index contributed by atoms with van der Waals surface area (Å²) in [4.78, 5) is 54.4. The van der Waals surface area contributed by atoms with Crippen LogP contribution in [0.25, 0.3) is 0 Å². The number of ether oxygens (including phenoxy) is 1. The maximum absolute atomic E-state index is 15.5. The standard InChI is InChI=1S/C38H36F4N6O5S/c1-37(2)35(52)47(25-7-6-22(20-43)29(17-25)38(40,41)42)36(54)48(37)26-8-11-33(30(39)18-26)53-28-12-14-46(15-13-28)21-34(51)45-24-5-3-4-23(16-24)44-31-10-9-27(49)19-32(31)50/h3-8,11,16-18,28,31,44H,9-10,12-15,19,21H2,1-2H3,(H,45,51). The molecule has 3 aromatic carbocycles. The van der Waals surface area contributed by atoms with Crippen molar-refractivity contribution in [2.24, 2.45) is 0 Å². The second kappa shape index (κ2) is 15.2. The molecule has 0 radical (unpaired) electrons. The predicted molar refractivity (Wildman–Crippen MR) is 196 cm³/mol. The molecule has 0 bridgehead atoms. The van der Waals surface area contributed by atoms with Crippen molar-refractivity contribution in [1.82, 2.24) is 4.90 Å². The van der Waals surface area contributed by atoms with Crippen LogP contribution in [0.15, 0.2) is 60.7 Å². The Morgan fingerprint density at radius 1 is 1.00 bits per heavy atom. The highest BCUT2D eigenvalue weighted by Crippen LogP contribution is 2.40. The average molecular weight is 765 g/mol. The third-order valence-electron chi connectivity index (χ3n) is 9.68. The van der Waals surface area contributed by atoms with Gasteiger partial charge in [-0.1, -0.05) is 6.07 Å². The highest BCUT2D eigenvalue weighted by atomic mass is 32.1. The maximum Gasteiger partial charge on any atom is 0.417 e. The zero-order valence-corrected chi connectivity index (χ0v) is 30.2. The summed E-state index contributed by atoms with van der Waals surface area (Å²) in [6.45, 7) is 4.20. The normalized spacial score (nSPS) is 19.5. The summed E-state index contributed by atoms with van der Waals surface area (Å²) in [5, 5.41) is 15.0. The summed E-state index contributed by atoms with van der Waals surface area (Å²) in [5.41, 5.74) is -1.97. The third-order valence-corrected chi connectivity index (χ3v) is 10.0. The lowest BCUT2D eigenvalue weighted by atomic mass is 9.93. The minimum absolute atomic E-state index is 0.0297. The molecule has 16 heteroatoms. The second-order valence-corrected chi connectivity index (χ2v) is 14.3. The number of ketones is 2. The topological polar surface area (TPSA) is 135 Å². The van der Waals surface area contributed by atoms with Crippen molar-refractivity contribution in [3.8, 4) is 11.8 Å². The van der Waals surface area contributed by atoms with E-state index < -0.39 is 40.6 Å². The Morgan fingerprint density at radius 3 is 2.37 bits per heavy atom. The number of alkyl halides is 3. The molecule has 282 valence electrons. The van der Waals surface area contributed by atoms with Gasteiger partial charge in [-0.25, -0.2) is 4.39 Å². The molecule has 2 heterocycles. The number of anilines is 4. The highest BCUT2D eigenvalue weighted by Gasteiger charge is 2.51. The molecule has 54 heavy (non-hydrogen) atoms. The maximum atomic E-state index is 15.5. The molecular weight excluding hydrogens is 729 g/mol. The number of nitrogens with one attached hydrogen (secondary N) is 2. The summed E-state index contributed by atoms with van der Waals surface area (Å²) in [7, 11) is 0. The molecule has 2 amide bonds. The van der Waals surface area contributed by atoms with Crippen LogP contribution in [0.2, 0.25) is 0 Å². The minimum atomic E-state index is -4.85. The number of thiocarbonyl (C=S) groups is 1. The van der Waals surface area contributed by atoms with Crippen LogP contribution in [0.5, 0.6) is 5.75 Å². The molecule has 3 aromatic rings. The van der Waals surface area contributed by atoms with Gasteiger partial charge in [0.2, 0.25) is 5.91 Å². The van der Waals surface area contributed by atoms with Gasteiger partial charge < -0.3 is 20.3 Å². The van der Waals surface area contributed by atoms with Crippen molar-refractivity contribution in [1.29, 1.82) is 5.26 Å². The lowest BCUT2D eigenvalue weighted by Gasteiger charge is -2.32. The van der Waals surface area contributed by atoms with Crippen LogP contribution in [-0.4, -0.2) is 70.7 Å². The van der Waals surface area contributed by atoms with E-state index in [9.17, 15) is 32.3 Å². The first-order chi connectivity index (χ1) is 25.5. The first-order valence-electron chi connectivity index (χ1n) is 17.2. The molecule has 2 saturated heterocycles. The Kier molecular flexibility index (Phi) is 10.8. The van der Waals surface area contributed by atoms with Gasteiger partial charge in [-0.3, -0.25) is 29.0 Å². The van der Waals surface area contributed by atoms with E-state index in [4.69, 9.17) is 22.2 Å². The Bertz CT molecular complexity index is 2060. The van der Waals surface area contributed by atoms with Crippen LogP contribution in [0.3, 0.4) is 0 Å². The molecule has 3 fully saturated rings. The van der Waals surface area contributed by atoms with Crippen LogP contribution >= 0.6 is 12.2 Å². The second-order valence-electron chi connectivity index (χ2n) is 13.9. The van der Waals surface area contributed by atoms with E-state index in [1.807, 2.05) is 4.90 Å². The first-order valence-corrected chi connectivity index (χ1v) is 17.7. The van der Waals surface area contributed by atoms with Crippen molar-refractivity contribution < 1.29 is 41.5 Å². The molecule has 1 aliphatic carbocycles. The molecule has 0 spiro atoms. The van der Waals surface area contributed by atoms with Crippen molar-refractivity contribution in [3.63, 3.8) is 0 Å². The van der Waals surface area contributed by atoms with Crippen LogP contribution in [0.1, 0.15) is 57.1 Å². The highest BCUT2D eigenvalue weighted by molar-refractivity contribution is 7.81. The van der Waals surface area contributed by atoms with E-state index in [-0.39, 0.29) is 58.8 Å². The zero-order chi connectivity index (χ0) is 38.9. The van der Waals surface area contributed by atoms with Crippen LogP contribution in [-0.2, 0) is 25.4 Å². The van der Waals surface area contributed by atoms with E-state index in [1.54, 1.807) is 24.3 Å². The Labute approximate surface area is 313 Å². The molecule has 1 atom stereocenters. The fourth-order valence-electron chi connectivity index (χ4n) is 6.87. The van der Waals surface area contributed by atoms with E-state index in [0.29, 0.717) is 56.2 Å². The monoisotopic (exact) mass is 764 g/mol. The number of hydrogen-bond acceptors (Lipinski definition) is 9. The van der Waals surface area contributed by atoms with E-state index >= 15 is 4.39 Å². The van der Waals surface area contributed by atoms with E-state index in [0.717, 1.165) is 17.0 Å². The quantitative estimate of drug-likeness (QED) is 0.147. The molecule has 2 aliphatic heterocycles. The van der Waals surface area contributed by atoms with Gasteiger partial charge in [0, 0.05) is 42.6 Å². The number of Topliss-reactive ketones (excluding diaryl/α,β-unsaturated/α-hetero) is 2. The van der Waals surface area contributed by atoms with E-state index in [1.165, 1.54) is 43.0 Å². The number of amides is 2. The summed E-state index contributed by atoms with van der Waals surface area (Å²) >= 11 is 5.55. The molecule has 1 saturated carbocycles. The largest absolute Gasteiger partial charge is 0.487 e. The number of halogens is 4. The Hall–Kier alpha value is -5.40. The zero-order valence-electron chi connectivity index (χ0n) is 29.3. The Morgan fingerprint density at radius 2 is 1.70 bits per heavy atom. The minimum Gasteiger partial charge on any atom is -0.487 e. The molecule has 0 aromatic heterocycles. The fourth-order valence-corrected chi connectivity index (χ4v) is 7.39. The number of hydrogen-bond donors (Lipinski definition) is 2. The molecule has 2 N–H and O–H groups in total. The molecule has 11 nitrogen and oxygen atoms in total. The number of nitriles is 1. The summed E-state index contributed by atoms with van der Waals surface area (Å²) in [5.74, 6) is -1.83. The van der Waals surface area contributed by atoms with E-state index in [2.05, 4.69) is 10.6 Å². The van der Waals surface area contributed by atoms with Gasteiger partial charge >= 0.3 is 6.18 Å². The summed E-state index contributed by atoms with van der Waals surface area (Å²) in [6, 6.07) is 15.0. The number of carbonyl (C=O) groups is 4. The van der Waals surface area contributed by atoms with Crippen molar-refractivity contribution in [3.05, 3.63) is 77.6 Å². The third kappa shape index (κ3) is 8.07. The van der Waals surface area contributed by atoms with Crippen molar-refractivity contribution >= 4 is 63.5 Å². The number of nitrogens with zero attached hydrogens (tertiary/aromatic N) is 4. The van der Waals surface area contributed by atoms with Gasteiger partial charge in [-0.15, -0.1) is 0 Å². The van der Waals surface area contributed by atoms with Gasteiger partial charge in [0.1, 0.15) is 17.4 Å². The summed E-state index contributed by atoms with van der Waals surface area (Å²) < 4.78 is 62.6. The smallest absolute Gasteiger partial charge is 0.417 e. The number of rotatable bonds is 9. The molecule has 3 aliphatic rings. The molecular formula is C38H36F4N6O5S. The van der Waals surface area contributed by atoms with Gasteiger partial charge in [-0.2, -0.15) is 18.4 Å². The van der Waals surface area contributed by atoms with Gasteiger partial charge in [0.05, 0.1) is 41.9 Å². The molecule has 1 unspecified atom stereocenters. The number of carbonyl (C=O) groups excluding carboxylic acids is 4. The first kappa shape index (κ1) is 38.3. The number of benzene rings is 3. The lowest BCUT2D eigenvalue weighted by Crippen LogP contribution is -2.44. The van der Waals surface area contributed by atoms with Crippen LogP contribution in [0, 0.1) is 17.1 Å². The SMILES string of the molecule is CC1(C)C(=O)N(c2ccc(C#N)c(C(F)(F)F)c2)C(=S)N1c1ccc(OC2CCN(CC(=O)Nc3cccc(NC4CCC(=O)CC4=O)c3)CC2)c(F)c1. The average Bonchev–Trinajstić information content (AvgIpc) is 3.29. The number of likely N-dealkylation sites (tertiary alicyclic amines) is 1. The van der Waals surface area contributed by atoms with Gasteiger partial charge in [-0.05, 0) is 93.9 Å². The lowest BCUT2D eigenvalue weighted by molar-refractivity contribution is -0.138. The summed E-state index contributed by atoms with van der Waals surface area (Å²) in [6.07, 6.45) is -3.45. The predicted octanol–water partition coefficient (Wildman–Crippen LogP) is 6.22. The van der Waals surface area contributed by atoms with Gasteiger partial charge in [0.25, 0.3) is 5.91 Å². The van der Waals surface area contributed by atoms with Crippen LogP contribution in [0.4, 0.5) is 40.3 Å². The number of piperidine rings is 1. The Balaban J connectivity index is 1.03. The molecule has 6 rings (SSSR count). The fraction of sp³-hybridized carbons (Fsp3) is 0.368. The van der Waals surface area contributed by atoms with Crippen LogP contribution < -0.4 is 25.2 Å². The van der Waals surface area contributed by atoms with Gasteiger partial charge in [0.15, 0.2) is 22.5 Å². The van der Waals surface area contributed by atoms with Crippen molar-refractivity contribution in [2.75, 3.05) is 40.1 Å².